The molecule has 1 amide bonds. The number of nitro benzene ring substituents is 2. The molecule has 3 rings (SSSR count). The van der Waals surface area contributed by atoms with Gasteiger partial charge >= 0.3 is 0 Å². The average Bonchev–Trinajstić information content (AvgIpc) is 2.74. The van der Waals surface area contributed by atoms with Crippen LogP contribution in [0.25, 0.3) is 0 Å². The Kier molecular flexibility index (Phi) is 6.32. The number of non-ortho nitro benzene ring substituents is 2. The maximum atomic E-state index is 13.0. The van der Waals surface area contributed by atoms with Gasteiger partial charge < -0.3 is 5.32 Å². The van der Waals surface area contributed by atoms with Gasteiger partial charge in [0.1, 0.15) is 0 Å². The minimum atomic E-state index is -3.94. The molecule has 11 nitrogen and oxygen atoms in total. The number of rotatable bonds is 6. The Morgan fingerprint density at radius 3 is 2.10 bits per heavy atom. The van der Waals surface area contributed by atoms with Crippen molar-refractivity contribution in [2.45, 2.75) is 24.7 Å². The first-order chi connectivity index (χ1) is 14.6. The summed E-state index contributed by atoms with van der Waals surface area (Å²) in [6, 6.07) is 9.14. The van der Waals surface area contributed by atoms with Gasteiger partial charge in [0.05, 0.1) is 14.7 Å². The van der Waals surface area contributed by atoms with Crippen LogP contribution in [0.5, 0.6) is 0 Å². The molecule has 0 radical (unpaired) electrons. The third-order valence-electron chi connectivity index (χ3n) is 5.17. The smallest absolute Gasteiger partial charge is 0.270 e. The van der Waals surface area contributed by atoms with Crippen LogP contribution >= 0.6 is 0 Å². The number of nitro groups is 2. The summed E-state index contributed by atoms with van der Waals surface area (Å²) in [5.41, 5.74) is 0.427. The fourth-order valence-electron chi connectivity index (χ4n) is 3.39. The minimum absolute atomic E-state index is 0.0899. The number of hydrogen-bond acceptors (Lipinski definition) is 7. The van der Waals surface area contributed by atoms with Crippen LogP contribution in [-0.4, -0.2) is 41.6 Å². The fraction of sp³-hybridized carbons (Fsp3) is 0.316. The summed E-state index contributed by atoms with van der Waals surface area (Å²) in [6.07, 6.45) is 0.567. The molecule has 1 N–H and O–H groups in total. The standard InChI is InChI=1S/C19H20N4O7S/c1-13-2-5-17(23(27)28)12-18(13)31(29,30)21-10-8-14(9-11-21)19(24)20-15-3-6-16(7-4-15)22(25)26/h2-7,12,14H,8-11H2,1H3,(H,20,24). The lowest BCUT2D eigenvalue weighted by molar-refractivity contribution is -0.385. The quantitative estimate of drug-likeness (QED) is 0.526. The van der Waals surface area contributed by atoms with Crippen molar-refractivity contribution in [2.75, 3.05) is 18.4 Å². The van der Waals surface area contributed by atoms with E-state index in [-0.39, 0.29) is 48.1 Å². The van der Waals surface area contributed by atoms with Gasteiger partial charge in [-0.15, -0.1) is 0 Å². The van der Waals surface area contributed by atoms with Crippen molar-refractivity contribution in [3.63, 3.8) is 0 Å². The Balaban J connectivity index is 1.66. The predicted octanol–water partition coefficient (Wildman–Crippen LogP) is 2.85. The number of benzene rings is 2. The van der Waals surface area contributed by atoms with Crippen LogP contribution in [0.3, 0.4) is 0 Å². The number of aryl methyl sites for hydroxylation is 1. The number of hydrogen-bond donors (Lipinski definition) is 1. The first-order valence-corrected chi connectivity index (χ1v) is 10.8. The van der Waals surface area contributed by atoms with Gasteiger partial charge in [0.2, 0.25) is 15.9 Å². The van der Waals surface area contributed by atoms with E-state index in [1.807, 2.05) is 0 Å². The van der Waals surface area contributed by atoms with Crippen molar-refractivity contribution < 1.29 is 23.1 Å². The normalized spacial score (nSPS) is 15.4. The molecule has 0 aromatic heterocycles. The van der Waals surface area contributed by atoms with E-state index in [9.17, 15) is 33.4 Å². The van der Waals surface area contributed by atoms with Gasteiger partial charge in [-0.25, -0.2) is 8.42 Å². The SMILES string of the molecule is Cc1ccc([N+](=O)[O-])cc1S(=O)(=O)N1CCC(C(=O)Nc2ccc([N+](=O)[O-])cc2)CC1. The number of anilines is 1. The lowest BCUT2D eigenvalue weighted by Crippen LogP contribution is -2.41. The molecule has 0 atom stereocenters. The molecular formula is C19H20N4O7S. The third-order valence-corrected chi connectivity index (χ3v) is 7.21. The Morgan fingerprint density at radius 2 is 1.55 bits per heavy atom. The monoisotopic (exact) mass is 448 g/mol. The fourth-order valence-corrected chi connectivity index (χ4v) is 5.10. The maximum absolute atomic E-state index is 13.0. The predicted molar refractivity (Wildman–Crippen MR) is 111 cm³/mol. The zero-order chi connectivity index (χ0) is 22.8. The number of piperidine rings is 1. The van der Waals surface area contributed by atoms with E-state index in [1.54, 1.807) is 6.92 Å². The van der Waals surface area contributed by atoms with Crippen LogP contribution in [0.2, 0.25) is 0 Å². The molecular weight excluding hydrogens is 428 g/mol. The number of sulfonamides is 1. The molecule has 164 valence electrons. The van der Waals surface area contributed by atoms with Crippen LogP contribution in [-0.2, 0) is 14.8 Å². The molecule has 1 aliphatic heterocycles. The van der Waals surface area contributed by atoms with Crippen molar-refractivity contribution in [1.82, 2.24) is 4.31 Å². The Labute approximate surface area is 178 Å². The number of nitrogens with one attached hydrogen (secondary N) is 1. The molecule has 1 aliphatic rings. The van der Waals surface area contributed by atoms with Gasteiger partial charge in [-0.1, -0.05) is 6.07 Å². The highest BCUT2D eigenvalue weighted by molar-refractivity contribution is 7.89. The Morgan fingerprint density at radius 1 is 1.00 bits per heavy atom. The molecule has 2 aromatic rings. The van der Waals surface area contributed by atoms with Crippen molar-refractivity contribution in [3.8, 4) is 0 Å². The first kappa shape index (κ1) is 22.3. The molecule has 0 unspecified atom stereocenters. The van der Waals surface area contributed by atoms with Crippen molar-refractivity contribution in [1.29, 1.82) is 0 Å². The molecule has 1 saturated heterocycles. The second kappa shape index (κ2) is 8.78. The summed E-state index contributed by atoms with van der Waals surface area (Å²) < 4.78 is 27.2. The summed E-state index contributed by atoms with van der Waals surface area (Å²) in [5.74, 6) is -0.717. The van der Waals surface area contributed by atoms with Gasteiger partial charge in [0, 0.05) is 49.0 Å². The second-order valence-electron chi connectivity index (χ2n) is 7.18. The van der Waals surface area contributed by atoms with Crippen LogP contribution in [0, 0.1) is 33.1 Å². The molecule has 1 fully saturated rings. The van der Waals surface area contributed by atoms with Crippen molar-refractivity contribution >= 4 is 33.0 Å². The van der Waals surface area contributed by atoms with Crippen LogP contribution < -0.4 is 5.32 Å². The summed E-state index contributed by atoms with van der Waals surface area (Å²) in [7, 11) is -3.94. The highest BCUT2D eigenvalue weighted by Crippen LogP contribution is 2.29. The van der Waals surface area contributed by atoms with E-state index >= 15 is 0 Å². The van der Waals surface area contributed by atoms with E-state index in [4.69, 9.17) is 0 Å². The maximum Gasteiger partial charge on any atom is 0.270 e. The molecule has 0 saturated carbocycles. The van der Waals surface area contributed by atoms with E-state index in [0.717, 1.165) is 6.07 Å². The van der Waals surface area contributed by atoms with E-state index < -0.39 is 25.8 Å². The third kappa shape index (κ3) is 4.86. The van der Waals surface area contributed by atoms with Crippen molar-refractivity contribution in [3.05, 3.63) is 68.3 Å². The van der Waals surface area contributed by atoms with Crippen LogP contribution in [0.4, 0.5) is 17.1 Å². The molecule has 0 spiro atoms. The van der Waals surface area contributed by atoms with Gasteiger partial charge in [-0.05, 0) is 37.5 Å². The zero-order valence-corrected chi connectivity index (χ0v) is 17.4. The number of nitrogens with zero attached hydrogens (tertiary/aromatic N) is 3. The largest absolute Gasteiger partial charge is 0.326 e. The zero-order valence-electron chi connectivity index (χ0n) is 16.6. The molecule has 12 heteroatoms. The summed E-state index contributed by atoms with van der Waals surface area (Å²) in [4.78, 5) is 32.9. The van der Waals surface area contributed by atoms with Gasteiger partial charge in [-0.3, -0.25) is 25.0 Å². The van der Waals surface area contributed by atoms with Crippen molar-refractivity contribution in [2.24, 2.45) is 5.92 Å². The molecule has 0 bridgehead atoms. The lowest BCUT2D eigenvalue weighted by Gasteiger charge is -2.30. The second-order valence-corrected chi connectivity index (χ2v) is 9.08. The highest BCUT2D eigenvalue weighted by Gasteiger charge is 2.33. The first-order valence-electron chi connectivity index (χ1n) is 9.40. The Hall–Kier alpha value is -3.38. The molecule has 2 aromatic carbocycles. The number of amides is 1. The van der Waals surface area contributed by atoms with Gasteiger partial charge in [0.25, 0.3) is 11.4 Å². The van der Waals surface area contributed by atoms with E-state index in [2.05, 4.69) is 5.32 Å². The van der Waals surface area contributed by atoms with E-state index in [1.165, 1.54) is 40.7 Å². The number of carbonyl (C=O) groups is 1. The topological polar surface area (TPSA) is 153 Å². The van der Waals surface area contributed by atoms with Crippen LogP contribution in [0.15, 0.2) is 47.4 Å². The minimum Gasteiger partial charge on any atom is -0.326 e. The lowest BCUT2D eigenvalue weighted by atomic mass is 9.97. The Bertz CT molecular complexity index is 1120. The summed E-state index contributed by atoms with van der Waals surface area (Å²) in [5, 5.41) is 24.4. The highest BCUT2D eigenvalue weighted by atomic mass is 32.2. The molecule has 31 heavy (non-hydrogen) atoms. The van der Waals surface area contributed by atoms with Gasteiger partial charge in [-0.2, -0.15) is 4.31 Å². The summed E-state index contributed by atoms with van der Waals surface area (Å²) >= 11 is 0. The van der Waals surface area contributed by atoms with Gasteiger partial charge in [0.15, 0.2) is 0 Å². The molecule has 1 heterocycles. The summed E-state index contributed by atoms with van der Waals surface area (Å²) in [6.45, 7) is 1.77. The van der Waals surface area contributed by atoms with E-state index in [0.29, 0.717) is 11.3 Å². The molecule has 0 aliphatic carbocycles. The number of carbonyl (C=O) groups excluding carboxylic acids is 1. The average molecular weight is 448 g/mol. The van der Waals surface area contributed by atoms with Crippen LogP contribution in [0.1, 0.15) is 18.4 Å².